The van der Waals surface area contributed by atoms with Gasteiger partial charge in [0.2, 0.25) is 0 Å². The molecule has 0 bridgehead atoms. The number of hydrogen-bond donors (Lipinski definition) is 0. The first-order valence-corrected chi connectivity index (χ1v) is 21.3. The third kappa shape index (κ3) is 5.41. The molecule has 4 rings (SSSR count). The Labute approximate surface area is 222 Å². The summed E-state index contributed by atoms with van der Waals surface area (Å²) < 4.78 is 25.4. The molecule has 192 valence electrons. The van der Waals surface area contributed by atoms with Crippen LogP contribution < -0.4 is 17.8 Å². The van der Waals surface area contributed by atoms with Crippen LogP contribution in [0.1, 0.15) is 70.4 Å². The van der Waals surface area contributed by atoms with E-state index in [1.807, 2.05) is 36.4 Å². The third-order valence-electron chi connectivity index (χ3n) is 7.69. The van der Waals surface area contributed by atoms with Crippen LogP contribution in [0.2, 0.25) is 13.3 Å². The van der Waals surface area contributed by atoms with Crippen molar-refractivity contribution in [2.75, 3.05) is 7.11 Å². The fourth-order valence-electron chi connectivity index (χ4n) is 5.60. The van der Waals surface area contributed by atoms with Crippen LogP contribution in [0, 0.1) is 0 Å². The molecule has 0 aromatic heterocycles. The molecule has 3 nitrogen and oxygen atoms in total. The molecule has 36 heavy (non-hydrogen) atoms. The predicted octanol–water partition coefficient (Wildman–Crippen LogP) is 8.42. The molecule has 0 atom stereocenters. The average molecular weight is 593 g/mol. The first kappa shape index (κ1) is 26.9. The third-order valence-corrected chi connectivity index (χ3v) is 23.2. The Balaban J connectivity index is 1.84. The van der Waals surface area contributed by atoms with Crippen LogP contribution in [0.5, 0.6) is 17.2 Å². The quantitative estimate of drug-likeness (QED) is 0.186. The van der Waals surface area contributed by atoms with Crippen molar-refractivity contribution in [3.63, 3.8) is 0 Å². The summed E-state index contributed by atoms with van der Waals surface area (Å²) in [5.74, 6) is 1.32. The summed E-state index contributed by atoms with van der Waals surface area (Å²) in [5, 5.41) is 0. The number of hydrogen-bond acceptors (Lipinski definition) is 3. The van der Waals surface area contributed by atoms with Gasteiger partial charge in [-0.05, 0) is 0 Å². The molecule has 0 radical (unpaired) electrons. The predicted molar refractivity (Wildman–Crippen MR) is 152 cm³/mol. The molecule has 0 unspecified atom stereocenters. The van der Waals surface area contributed by atoms with Gasteiger partial charge in [0.1, 0.15) is 0 Å². The number of methoxy groups -OCH3 is 1. The van der Waals surface area contributed by atoms with Gasteiger partial charge < -0.3 is 0 Å². The monoisotopic (exact) mass is 594 g/mol. The molecular weight excluding hydrogens is 551 g/mol. The summed E-state index contributed by atoms with van der Waals surface area (Å²) in [6.45, 7) is 6.97. The SMILES string of the molecule is CCC[CH2][Sn]([CH2]CCC)([CH2]CCC)[c]1cc(OC)c2c(c1)OC(c1ccccc1)(c1ccccc1)O2. The number of unbranched alkanes of at least 4 members (excludes halogenated alkanes) is 3. The molecular formula is C32H42O3Sn. The molecule has 3 aromatic carbocycles. The maximum absolute atomic E-state index is 6.89. The van der Waals surface area contributed by atoms with E-state index >= 15 is 0 Å². The van der Waals surface area contributed by atoms with E-state index in [9.17, 15) is 0 Å². The van der Waals surface area contributed by atoms with Gasteiger partial charge in [0.05, 0.1) is 0 Å². The average Bonchev–Trinajstić information content (AvgIpc) is 3.34. The van der Waals surface area contributed by atoms with Gasteiger partial charge in [0.15, 0.2) is 0 Å². The number of fused-ring (bicyclic) bond motifs is 1. The second-order valence-corrected chi connectivity index (χ2v) is 23.4. The molecule has 0 aliphatic carbocycles. The van der Waals surface area contributed by atoms with Crippen LogP contribution in [0.25, 0.3) is 0 Å². The molecule has 0 saturated heterocycles. The Morgan fingerprint density at radius 2 is 1.19 bits per heavy atom. The molecule has 4 heteroatoms. The second kappa shape index (κ2) is 12.4. The maximum atomic E-state index is 6.89. The molecule has 3 aromatic rings. The number of ether oxygens (including phenoxy) is 3. The molecule has 0 amide bonds. The molecule has 0 fully saturated rings. The zero-order chi connectivity index (χ0) is 25.4. The number of benzene rings is 3. The Kier molecular flexibility index (Phi) is 9.27. The number of rotatable bonds is 13. The van der Waals surface area contributed by atoms with Gasteiger partial charge in [0.25, 0.3) is 0 Å². The summed E-state index contributed by atoms with van der Waals surface area (Å²) in [4.78, 5) is 0. The van der Waals surface area contributed by atoms with Crippen molar-refractivity contribution in [2.24, 2.45) is 0 Å². The van der Waals surface area contributed by atoms with Crippen LogP contribution in [0.15, 0.2) is 72.8 Å². The van der Waals surface area contributed by atoms with Gasteiger partial charge >= 0.3 is 223 Å². The van der Waals surface area contributed by atoms with Crippen molar-refractivity contribution in [3.8, 4) is 17.2 Å². The van der Waals surface area contributed by atoms with Crippen molar-refractivity contribution in [3.05, 3.63) is 83.9 Å². The second-order valence-electron chi connectivity index (χ2n) is 10.1. The van der Waals surface area contributed by atoms with Crippen molar-refractivity contribution in [1.82, 2.24) is 0 Å². The van der Waals surface area contributed by atoms with Gasteiger partial charge in [0, 0.05) is 0 Å². The van der Waals surface area contributed by atoms with Crippen LogP contribution in [-0.2, 0) is 5.79 Å². The van der Waals surface area contributed by atoms with Crippen molar-refractivity contribution < 1.29 is 14.2 Å². The van der Waals surface area contributed by atoms with Crippen LogP contribution in [0.3, 0.4) is 0 Å². The molecule has 0 spiro atoms. The minimum absolute atomic E-state index is 0.718. The standard InChI is InChI=1S/C20H15O3.3C4H9.Sn/c1-21-17-13-8-14-18-19(17)23-20(22-18,15-9-4-2-5-10-15)16-11-6-3-7-12-16;3*1-3-4-2;/h2-7,9-14H,1H3;3*1,3-4H2,2H3;. The summed E-state index contributed by atoms with van der Waals surface area (Å²) in [6, 6.07) is 25.2. The fourth-order valence-corrected chi connectivity index (χ4v) is 21.5. The zero-order valence-electron chi connectivity index (χ0n) is 22.5. The van der Waals surface area contributed by atoms with Crippen molar-refractivity contribution >= 4 is 22.0 Å². The first-order valence-electron chi connectivity index (χ1n) is 13.8. The van der Waals surface area contributed by atoms with Gasteiger partial charge in [-0.3, -0.25) is 0 Å². The summed E-state index contributed by atoms with van der Waals surface area (Å²) >= 11 is -2.70. The van der Waals surface area contributed by atoms with Gasteiger partial charge in [-0.25, -0.2) is 0 Å². The molecule has 0 saturated carbocycles. The van der Waals surface area contributed by atoms with E-state index in [4.69, 9.17) is 14.2 Å². The van der Waals surface area contributed by atoms with E-state index in [2.05, 4.69) is 57.2 Å². The van der Waals surface area contributed by atoms with Crippen LogP contribution in [0.4, 0.5) is 0 Å². The van der Waals surface area contributed by atoms with E-state index in [1.165, 1.54) is 55.4 Å². The van der Waals surface area contributed by atoms with Crippen LogP contribution >= 0.6 is 0 Å². The van der Waals surface area contributed by atoms with E-state index in [1.54, 1.807) is 7.11 Å². The van der Waals surface area contributed by atoms with Crippen molar-refractivity contribution in [1.29, 1.82) is 0 Å². The van der Waals surface area contributed by atoms with Gasteiger partial charge in [-0.1, -0.05) is 0 Å². The van der Waals surface area contributed by atoms with E-state index < -0.39 is 24.2 Å². The van der Waals surface area contributed by atoms with Gasteiger partial charge in [-0.15, -0.1) is 0 Å². The fraction of sp³-hybridized carbons (Fsp3) is 0.438. The first-order chi connectivity index (χ1) is 17.6. The topological polar surface area (TPSA) is 27.7 Å². The molecule has 1 aliphatic heterocycles. The zero-order valence-corrected chi connectivity index (χ0v) is 25.4. The van der Waals surface area contributed by atoms with E-state index in [0.717, 1.165) is 28.4 Å². The summed E-state index contributed by atoms with van der Waals surface area (Å²) in [6.07, 6.45) is 7.71. The van der Waals surface area contributed by atoms with Gasteiger partial charge in [-0.2, -0.15) is 0 Å². The normalized spacial score (nSPS) is 14.1. The van der Waals surface area contributed by atoms with E-state index in [0.29, 0.717) is 0 Å². The Morgan fingerprint density at radius 1 is 0.694 bits per heavy atom. The summed E-state index contributed by atoms with van der Waals surface area (Å²) in [7, 11) is 1.76. The minimum atomic E-state index is -2.70. The van der Waals surface area contributed by atoms with Crippen molar-refractivity contribution in [2.45, 2.75) is 78.4 Å². The molecule has 1 aliphatic rings. The Morgan fingerprint density at radius 3 is 1.64 bits per heavy atom. The van der Waals surface area contributed by atoms with E-state index in [-0.39, 0.29) is 0 Å². The Hall–Kier alpha value is -2.14. The summed E-state index contributed by atoms with van der Waals surface area (Å²) in [5.41, 5.74) is 1.96. The molecule has 0 N–H and O–H groups in total. The van der Waals surface area contributed by atoms with Crippen LogP contribution in [-0.4, -0.2) is 25.5 Å². The molecule has 1 heterocycles. The Bertz CT molecular complexity index is 1040.